The molecule has 5 heteroatoms. The van der Waals surface area contributed by atoms with E-state index in [1.165, 1.54) is 4.90 Å². The number of nitrogens with zero attached hydrogens (tertiary/aromatic N) is 1. The van der Waals surface area contributed by atoms with Gasteiger partial charge >= 0.3 is 5.97 Å². The van der Waals surface area contributed by atoms with Crippen LogP contribution in [0, 0.1) is 5.92 Å². The number of hydrogen-bond donors (Lipinski definition) is 1. The minimum atomic E-state index is -0.921. The van der Waals surface area contributed by atoms with Gasteiger partial charge in [-0.25, -0.2) is 4.79 Å². The van der Waals surface area contributed by atoms with E-state index in [0.717, 1.165) is 24.6 Å². The topological polar surface area (TPSA) is 57.6 Å². The number of carboxylic acid groups (broad SMARTS) is 1. The summed E-state index contributed by atoms with van der Waals surface area (Å²) in [6.07, 6.45) is 2.89. The Balaban J connectivity index is 4.45. The molecule has 0 heterocycles. The lowest BCUT2D eigenvalue weighted by Gasteiger charge is -2.29. The molecule has 2 atom stereocenters. The lowest BCUT2D eigenvalue weighted by atomic mass is 9.97. The summed E-state index contributed by atoms with van der Waals surface area (Å²) in [5.41, 5.74) is 0. The molecule has 0 aromatic rings. The molecule has 0 radical (unpaired) electrons. The van der Waals surface area contributed by atoms with Gasteiger partial charge < -0.3 is 10.0 Å². The van der Waals surface area contributed by atoms with Crippen molar-refractivity contribution in [2.75, 3.05) is 12.4 Å². The Bertz CT molecular complexity index is 258. The highest BCUT2D eigenvalue weighted by Gasteiger charge is 2.30. The number of unbranched alkanes of at least 4 members (excludes halogenated alkanes) is 1. The summed E-state index contributed by atoms with van der Waals surface area (Å²) in [4.78, 5) is 24.4. The fourth-order valence-electron chi connectivity index (χ4n) is 1.72. The fraction of sp³-hybridized carbons (Fsp3) is 0.833. The number of halogens is 1. The van der Waals surface area contributed by atoms with Crippen molar-refractivity contribution in [2.24, 2.45) is 5.92 Å². The zero-order valence-corrected chi connectivity index (χ0v) is 12.4. The van der Waals surface area contributed by atoms with E-state index in [1.807, 2.05) is 13.8 Å². The summed E-state index contributed by atoms with van der Waals surface area (Å²) >= 11 is 3.30. The van der Waals surface area contributed by atoms with Gasteiger partial charge in [0.25, 0.3) is 0 Å². The summed E-state index contributed by atoms with van der Waals surface area (Å²) < 4.78 is 0. The molecule has 0 aromatic heterocycles. The van der Waals surface area contributed by atoms with Gasteiger partial charge in [-0.05, 0) is 18.8 Å². The number of likely N-dealkylation sites (N-methyl/N-ethyl adjacent to an activating group) is 1. The summed E-state index contributed by atoms with van der Waals surface area (Å²) in [5.74, 6) is -1.04. The first kappa shape index (κ1) is 16.4. The van der Waals surface area contributed by atoms with Crippen molar-refractivity contribution >= 4 is 27.8 Å². The molecule has 0 spiro atoms. The van der Waals surface area contributed by atoms with E-state index in [9.17, 15) is 9.59 Å². The Morgan fingerprint density at radius 1 is 1.35 bits per heavy atom. The second-order valence-corrected chi connectivity index (χ2v) is 5.11. The first-order valence-corrected chi connectivity index (χ1v) is 7.12. The molecule has 0 fully saturated rings. The summed E-state index contributed by atoms with van der Waals surface area (Å²) in [6.45, 7) is 3.80. The van der Waals surface area contributed by atoms with Crippen LogP contribution in [0.3, 0.4) is 0 Å². The van der Waals surface area contributed by atoms with Gasteiger partial charge in [0.1, 0.15) is 6.04 Å². The highest BCUT2D eigenvalue weighted by atomic mass is 79.9. The van der Waals surface area contributed by atoms with E-state index in [0.29, 0.717) is 6.42 Å². The lowest BCUT2D eigenvalue weighted by molar-refractivity contribution is -0.151. The molecule has 0 saturated carbocycles. The molecule has 0 aliphatic carbocycles. The van der Waals surface area contributed by atoms with E-state index in [-0.39, 0.29) is 11.8 Å². The second kappa shape index (κ2) is 8.50. The Morgan fingerprint density at radius 3 is 2.35 bits per heavy atom. The van der Waals surface area contributed by atoms with Crippen molar-refractivity contribution in [1.82, 2.24) is 4.90 Å². The lowest BCUT2D eigenvalue weighted by Crippen LogP contribution is -2.46. The zero-order valence-electron chi connectivity index (χ0n) is 10.8. The van der Waals surface area contributed by atoms with Gasteiger partial charge in [0.2, 0.25) is 5.91 Å². The molecular weight excluding hydrogens is 286 g/mol. The normalized spacial score (nSPS) is 14.1. The van der Waals surface area contributed by atoms with Crippen molar-refractivity contribution in [2.45, 2.75) is 45.6 Å². The van der Waals surface area contributed by atoms with Crippen LogP contribution in [0.1, 0.15) is 39.5 Å². The molecule has 4 nitrogen and oxygen atoms in total. The Morgan fingerprint density at radius 2 is 1.94 bits per heavy atom. The molecule has 0 bridgehead atoms. The van der Waals surface area contributed by atoms with Crippen LogP contribution in [-0.4, -0.2) is 40.3 Å². The first-order chi connectivity index (χ1) is 7.95. The highest BCUT2D eigenvalue weighted by molar-refractivity contribution is 9.09. The summed E-state index contributed by atoms with van der Waals surface area (Å²) in [6, 6.07) is -0.712. The van der Waals surface area contributed by atoms with Crippen LogP contribution >= 0.6 is 15.9 Å². The third-order valence-electron chi connectivity index (χ3n) is 3.02. The number of carboxylic acids is 1. The van der Waals surface area contributed by atoms with E-state index in [2.05, 4.69) is 15.9 Å². The summed E-state index contributed by atoms with van der Waals surface area (Å²) in [5, 5.41) is 10.0. The molecule has 0 aromatic carbocycles. The molecule has 17 heavy (non-hydrogen) atoms. The average molecular weight is 308 g/mol. The Kier molecular flexibility index (Phi) is 8.21. The van der Waals surface area contributed by atoms with Gasteiger partial charge in [0.15, 0.2) is 0 Å². The monoisotopic (exact) mass is 307 g/mol. The van der Waals surface area contributed by atoms with Crippen molar-refractivity contribution in [3.63, 3.8) is 0 Å². The first-order valence-electron chi connectivity index (χ1n) is 6.00. The SMILES string of the molecule is CC[C@H](C)[C@@H](C(=O)O)N(C)C(=O)CCCCBr. The predicted octanol–water partition coefficient (Wildman–Crippen LogP) is 2.51. The minimum Gasteiger partial charge on any atom is -0.480 e. The predicted molar refractivity (Wildman–Crippen MR) is 71.3 cm³/mol. The second-order valence-electron chi connectivity index (χ2n) is 4.32. The maximum absolute atomic E-state index is 11.8. The number of aliphatic carboxylic acids is 1. The average Bonchev–Trinajstić information content (AvgIpc) is 2.28. The van der Waals surface area contributed by atoms with Crippen LogP contribution in [-0.2, 0) is 9.59 Å². The van der Waals surface area contributed by atoms with Gasteiger partial charge in [0.05, 0.1) is 0 Å². The number of alkyl halides is 1. The molecule has 0 aliphatic heterocycles. The number of hydrogen-bond acceptors (Lipinski definition) is 2. The maximum atomic E-state index is 11.8. The number of amides is 1. The molecule has 1 N–H and O–H groups in total. The van der Waals surface area contributed by atoms with E-state index >= 15 is 0 Å². The zero-order chi connectivity index (χ0) is 13.4. The quantitative estimate of drug-likeness (QED) is 0.554. The molecule has 0 unspecified atom stereocenters. The van der Waals surface area contributed by atoms with Gasteiger partial charge in [-0.1, -0.05) is 36.2 Å². The molecule has 0 rings (SSSR count). The van der Waals surface area contributed by atoms with E-state index in [1.54, 1.807) is 7.05 Å². The smallest absolute Gasteiger partial charge is 0.326 e. The maximum Gasteiger partial charge on any atom is 0.326 e. The largest absolute Gasteiger partial charge is 0.480 e. The van der Waals surface area contributed by atoms with Crippen LogP contribution in [0.2, 0.25) is 0 Å². The third-order valence-corrected chi connectivity index (χ3v) is 3.58. The van der Waals surface area contributed by atoms with Crippen LogP contribution in [0.15, 0.2) is 0 Å². The van der Waals surface area contributed by atoms with Crippen molar-refractivity contribution in [1.29, 1.82) is 0 Å². The number of carbonyl (C=O) groups is 2. The van der Waals surface area contributed by atoms with Gasteiger partial charge in [0, 0.05) is 18.8 Å². The Hall–Kier alpha value is -0.580. The van der Waals surface area contributed by atoms with E-state index < -0.39 is 12.0 Å². The van der Waals surface area contributed by atoms with Gasteiger partial charge in [-0.3, -0.25) is 4.79 Å². The molecule has 0 saturated heterocycles. The van der Waals surface area contributed by atoms with Crippen LogP contribution in [0.5, 0.6) is 0 Å². The number of rotatable bonds is 8. The van der Waals surface area contributed by atoms with Crippen molar-refractivity contribution < 1.29 is 14.7 Å². The molecule has 1 amide bonds. The van der Waals surface area contributed by atoms with E-state index in [4.69, 9.17) is 5.11 Å². The van der Waals surface area contributed by atoms with Crippen molar-refractivity contribution in [3.8, 4) is 0 Å². The molecule has 0 aliphatic rings. The highest BCUT2D eigenvalue weighted by Crippen LogP contribution is 2.15. The van der Waals surface area contributed by atoms with Crippen LogP contribution in [0.4, 0.5) is 0 Å². The molecule has 100 valence electrons. The van der Waals surface area contributed by atoms with Gasteiger partial charge in [-0.15, -0.1) is 0 Å². The third kappa shape index (κ3) is 5.52. The van der Waals surface area contributed by atoms with Crippen LogP contribution in [0.25, 0.3) is 0 Å². The minimum absolute atomic E-state index is 0.0300. The van der Waals surface area contributed by atoms with Gasteiger partial charge in [-0.2, -0.15) is 0 Å². The van der Waals surface area contributed by atoms with Crippen LogP contribution < -0.4 is 0 Å². The number of carbonyl (C=O) groups excluding carboxylic acids is 1. The standard InChI is InChI=1S/C12H22BrNO3/c1-4-9(2)11(12(16)17)14(3)10(15)7-5-6-8-13/h9,11H,4-8H2,1-3H3,(H,16,17)/t9-,11-/m0/s1. The molecular formula is C12H22BrNO3. The fourth-order valence-corrected chi connectivity index (χ4v) is 2.11. The summed E-state index contributed by atoms with van der Waals surface area (Å²) in [7, 11) is 1.58. The Labute approximate surface area is 111 Å². The van der Waals surface area contributed by atoms with Crippen molar-refractivity contribution in [3.05, 3.63) is 0 Å².